The van der Waals surface area contributed by atoms with Crippen molar-refractivity contribution in [1.29, 1.82) is 0 Å². The predicted molar refractivity (Wildman–Crippen MR) is 44.8 cm³/mol. The van der Waals surface area contributed by atoms with Crippen LogP contribution in [0.15, 0.2) is 0 Å². The molecule has 1 saturated heterocycles. The first-order valence-corrected chi connectivity index (χ1v) is 4.64. The van der Waals surface area contributed by atoms with Crippen LogP contribution in [0, 0.1) is 11.8 Å². The summed E-state index contributed by atoms with van der Waals surface area (Å²) in [5.74, 6) is 1.27. The minimum absolute atomic E-state index is 0.105. The van der Waals surface area contributed by atoms with E-state index < -0.39 is 0 Å². The molecule has 1 heterocycles. The number of hydrogen-bond donors (Lipinski definition) is 1. The first kappa shape index (κ1) is 7.90. The van der Waals surface area contributed by atoms with Crippen LogP contribution in [0.3, 0.4) is 0 Å². The summed E-state index contributed by atoms with van der Waals surface area (Å²) in [5.41, 5.74) is 0. The van der Waals surface area contributed by atoms with Gasteiger partial charge in [0.05, 0.1) is 0 Å². The van der Waals surface area contributed by atoms with E-state index in [1.807, 2.05) is 6.92 Å². The lowest BCUT2D eigenvalue weighted by molar-refractivity contribution is 0.0353. The summed E-state index contributed by atoms with van der Waals surface area (Å²) in [4.78, 5) is 11.0. The molecular weight excluding hydrogens is 154 g/mol. The number of carbonyl (C=O) groups is 1. The number of amides is 1. The molecule has 0 bridgehead atoms. The highest BCUT2D eigenvalue weighted by Crippen LogP contribution is 2.36. The number of cyclic esters (lactones) is 1. The third-order valence-electron chi connectivity index (χ3n) is 3.05. The summed E-state index contributed by atoms with van der Waals surface area (Å²) < 4.78 is 5.10. The van der Waals surface area contributed by atoms with E-state index in [-0.39, 0.29) is 12.2 Å². The second-order valence-electron chi connectivity index (χ2n) is 4.10. The quantitative estimate of drug-likeness (QED) is 0.597. The maximum Gasteiger partial charge on any atom is 0.407 e. The van der Waals surface area contributed by atoms with Gasteiger partial charge in [0.2, 0.25) is 0 Å². The van der Waals surface area contributed by atoms with E-state index in [2.05, 4.69) is 12.2 Å². The maximum absolute atomic E-state index is 11.0. The third-order valence-corrected chi connectivity index (χ3v) is 3.05. The van der Waals surface area contributed by atoms with Crippen LogP contribution in [0.25, 0.3) is 0 Å². The van der Waals surface area contributed by atoms with Crippen molar-refractivity contribution in [2.45, 2.75) is 38.8 Å². The average molecular weight is 169 g/mol. The monoisotopic (exact) mass is 169 g/mol. The normalized spacial score (nSPS) is 46.3. The minimum Gasteiger partial charge on any atom is -0.446 e. The van der Waals surface area contributed by atoms with Crippen LogP contribution in [-0.2, 0) is 4.74 Å². The van der Waals surface area contributed by atoms with Crippen molar-refractivity contribution in [3.8, 4) is 0 Å². The van der Waals surface area contributed by atoms with E-state index >= 15 is 0 Å². The number of hydrogen-bond acceptors (Lipinski definition) is 2. The molecule has 4 unspecified atom stereocenters. The molecule has 0 aromatic carbocycles. The SMILES string of the molecule is CC1CC2NC(=O)OC(C)C2C1. The first-order chi connectivity index (χ1) is 5.66. The van der Waals surface area contributed by atoms with Crippen LogP contribution in [0.1, 0.15) is 26.7 Å². The van der Waals surface area contributed by atoms with Crippen molar-refractivity contribution < 1.29 is 9.53 Å². The molecule has 4 atom stereocenters. The summed E-state index contributed by atoms with van der Waals surface area (Å²) in [6.45, 7) is 4.23. The molecule has 2 fully saturated rings. The van der Waals surface area contributed by atoms with E-state index in [1.54, 1.807) is 0 Å². The minimum atomic E-state index is -0.238. The van der Waals surface area contributed by atoms with Crippen molar-refractivity contribution >= 4 is 6.09 Å². The Morgan fingerprint density at radius 1 is 1.42 bits per heavy atom. The van der Waals surface area contributed by atoms with E-state index in [9.17, 15) is 4.79 Å². The molecule has 1 aliphatic carbocycles. The highest BCUT2D eigenvalue weighted by Gasteiger charge is 2.41. The molecule has 0 aromatic rings. The average Bonchev–Trinajstić information content (AvgIpc) is 2.29. The number of nitrogens with one attached hydrogen (secondary N) is 1. The zero-order valence-corrected chi connectivity index (χ0v) is 7.54. The highest BCUT2D eigenvalue weighted by molar-refractivity contribution is 5.68. The van der Waals surface area contributed by atoms with Gasteiger partial charge in [0.1, 0.15) is 6.10 Å². The molecule has 1 amide bonds. The van der Waals surface area contributed by atoms with Gasteiger partial charge in [0.15, 0.2) is 0 Å². The highest BCUT2D eigenvalue weighted by atomic mass is 16.6. The molecule has 12 heavy (non-hydrogen) atoms. The molecule has 68 valence electrons. The fraction of sp³-hybridized carbons (Fsp3) is 0.889. The van der Waals surface area contributed by atoms with Gasteiger partial charge < -0.3 is 10.1 Å². The van der Waals surface area contributed by atoms with E-state index in [1.165, 1.54) is 6.42 Å². The van der Waals surface area contributed by atoms with Crippen molar-refractivity contribution in [1.82, 2.24) is 5.32 Å². The van der Waals surface area contributed by atoms with E-state index in [4.69, 9.17) is 4.74 Å². The number of fused-ring (bicyclic) bond motifs is 1. The lowest BCUT2D eigenvalue weighted by atomic mass is 9.96. The molecule has 1 aliphatic heterocycles. The molecule has 2 aliphatic rings. The molecule has 3 heteroatoms. The van der Waals surface area contributed by atoms with Crippen LogP contribution < -0.4 is 5.32 Å². The van der Waals surface area contributed by atoms with E-state index in [0.29, 0.717) is 12.0 Å². The third kappa shape index (κ3) is 1.17. The van der Waals surface area contributed by atoms with Crippen molar-refractivity contribution in [2.24, 2.45) is 11.8 Å². The Morgan fingerprint density at radius 3 is 2.92 bits per heavy atom. The summed E-state index contributed by atoms with van der Waals surface area (Å²) >= 11 is 0. The van der Waals surface area contributed by atoms with Gasteiger partial charge in [-0.2, -0.15) is 0 Å². The molecular formula is C9H15NO2. The van der Waals surface area contributed by atoms with Crippen LogP contribution in [-0.4, -0.2) is 18.2 Å². The lowest BCUT2D eigenvalue weighted by Gasteiger charge is -2.31. The van der Waals surface area contributed by atoms with Gasteiger partial charge in [-0.3, -0.25) is 0 Å². The maximum atomic E-state index is 11.0. The Balaban J connectivity index is 2.10. The summed E-state index contributed by atoms with van der Waals surface area (Å²) in [6, 6.07) is 0.372. The van der Waals surface area contributed by atoms with Crippen LogP contribution >= 0.6 is 0 Å². The largest absolute Gasteiger partial charge is 0.446 e. The van der Waals surface area contributed by atoms with E-state index in [0.717, 1.165) is 12.3 Å². The first-order valence-electron chi connectivity index (χ1n) is 4.64. The van der Waals surface area contributed by atoms with Gasteiger partial charge >= 0.3 is 6.09 Å². The predicted octanol–water partition coefficient (Wildman–Crippen LogP) is 1.53. The number of ether oxygens (including phenoxy) is 1. The van der Waals surface area contributed by atoms with Gasteiger partial charge in [-0.25, -0.2) is 4.79 Å². The van der Waals surface area contributed by atoms with Crippen LogP contribution in [0.5, 0.6) is 0 Å². The van der Waals surface area contributed by atoms with Crippen molar-refractivity contribution in [3.05, 3.63) is 0 Å². The number of rotatable bonds is 0. The zero-order valence-electron chi connectivity index (χ0n) is 7.54. The van der Waals surface area contributed by atoms with Crippen LogP contribution in [0.2, 0.25) is 0 Å². The molecule has 3 nitrogen and oxygen atoms in total. The molecule has 0 radical (unpaired) electrons. The molecule has 2 rings (SSSR count). The zero-order chi connectivity index (χ0) is 8.72. The van der Waals surface area contributed by atoms with Gasteiger partial charge in [0.25, 0.3) is 0 Å². The Labute approximate surface area is 72.5 Å². The second-order valence-corrected chi connectivity index (χ2v) is 4.10. The number of carbonyl (C=O) groups excluding carboxylic acids is 1. The Kier molecular flexibility index (Phi) is 1.74. The van der Waals surface area contributed by atoms with Gasteiger partial charge in [-0.05, 0) is 25.7 Å². The molecule has 1 N–H and O–H groups in total. The lowest BCUT2D eigenvalue weighted by Crippen LogP contribution is -2.49. The molecule has 1 saturated carbocycles. The van der Waals surface area contributed by atoms with Gasteiger partial charge in [-0.15, -0.1) is 0 Å². The Hall–Kier alpha value is -0.730. The molecule has 0 aromatic heterocycles. The van der Waals surface area contributed by atoms with Crippen molar-refractivity contribution in [2.75, 3.05) is 0 Å². The second kappa shape index (κ2) is 2.64. The Morgan fingerprint density at radius 2 is 2.17 bits per heavy atom. The van der Waals surface area contributed by atoms with Gasteiger partial charge in [-0.1, -0.05) is 6.92 Å². The Bertz CT molecular complexity index is 205. The smallest absolute Gasteiger partial charge is 0.407 e. The number of alkyl carbamates (subject to hydrolysis) is 1. The van der Waals surface area contributed by atoms with Gasteiger partial charge in [0, 0.05) is 12.0 Å². The molecule has 0 spiro atoms. The summed E-state index contributed by atoms with van der Waals surface area (Å²) in [7, 11) is 0. The summed E-state index contributed by atoms with van der Waals surface area (Å²) in [5, 5.41) is 2.88. The fourth-order valence-electron chi connectivity index (χ4n) is 2.46. The van der Waals surface area contributed by atoms with Crippen LogP contribution in [0.4, 0.5) is 4.79 Å². The summed E-state index contributed by atoms with van der Waals surface area (Å²) in [6.07, 6.45) is 2.17. The standard InChI is InChI=1S/C9H15NO2/c1-5-3-7-6(2)12-9(11)10-8(7)4-5/h5-8H,3-4H2,1-2H3,(H,10,11). The van der Waals surface area contributed by atoms with Crippen molar-refractivity contribution in [3.63, 3.8) is 0 Å². The topological polar surface area (TPSA) is 38.3 Å². The fourth-order valence-corrected chi connectivity index (χ4v) is 2.46.